The van der Waals surface area contributed by atoms with Gasteiger partial charge in [0.25, 0.3) is 12.3 Å². The quantitative estimate of drug-likeness (QED) is 0.621. The largest absolute Gasteiger partial charge is 0.356 e. The van der Waals surface area contributed by atoms with E-state index in [-0.39, 0.29) is 24.2 Å². The van der Waals surface area contributed by atoms with Gasteiger partial charge in [-0.05, 0) is 37.2 Å². The molecule has 3 aliphatic rings. The number of nitrogens with zero attached hydrogens (tertiary/aromatic N) is 6. The van der Waals surface area contributed by atoms with E-state index < -0.39 is 6.43 Å². The van der Waals surface area contributed by atoms with E-state index in [4.69, 9.17) is 0 Å². The topological polar surface area (TPSA) is 80.9 Å². The molecule has 6 rings (SSSR count). The lowest BCUT2D eigenvalue weighted by Crippen LogP contribution is -2.27. The van der Waals surface area contributed by atoms with Gasteiger partial charge in [0.05, 0.1) is 36.4 Å². The Hall–Kier alpha value is -3.30. The van der Waals surface area contributed by atoms with Crippen molar-refractivity contribution in [2.24, 2.45) is 18.9 Å². The number of aryl methyl sites for hydroxylation is 1. The summed E-state index contributed by atoms with van der Waals surface area (Å²) in [6.45, 7) is 1.93. The predicted molar refractivity (Wildman–Crippen MR) is 116 cm³/mol. The number of anilines is 1. The van der Waals surface area contributed by atoms with Gasteiger partial charge in [-0.15, -0.1) is 0 Å². The molecule has 172 valence electrons. The Balaban J connectivity index is 1.15. The fraction of sp³-hybridized carbons (Fsp3) is 0.478. The number of rotatable bonds is 6. The van der Waals surface area contributed by atoms with Crippen LogP contribution in [-0.2, 0) is 20.0 Å². The Kier molecular flexibility index (Phi) is 4.70. The van der Waals surface area contributed by atoms with Gasteiger partial charge in [0.1, 0.15) is 11.5 Å². The average molecular weight is 453 g/mol. The molecule has 0 spiro atoms. The summed E-state index contributed by atoms with van der Waals surface area (Å²) >= 11 is 0. The number of carbonyl (C=O) groups is 1. The van der Waals surface area contributed by atoms with E-state index in [1.165, 1.54) is 17.3 Å². The maximum Gasteiger partial charge on any atom is 0.280 e. The number of carbonyl (C=O) groups excluding carboxylic acids is 1. The van der Waals surface area contributed by atoms with Crippen LogP contribution in [-0.4, -0.2) is 43.3 Å². The minimum Gasteiger partial charge on any atom is -0.356 e. The van der Waals surface area contributed by atoms with Crippen molar-refractivity contribution in [3.8, 4) is 0 Å². The van der Waals surface area contributed by atoms with Crippen molar-refractivity contribution in [2.75, 3.05) is 18.0 Å². The zero-order valence-electron chi connectivity index (χ0n) is 18.3. The van der Waals surface area contributed by atoms with Crippen molar-refractivity contribution in [1.82, 2.24) is 29.6 Å². The lowest BCUT2D eigenvalue weighted by molar-refractivity contribution is 0.0936. The number of halogens is 2. The Morgan fingerprint density at radius 3 is 2.88 bits per heavy atom. The van der Waals surface area contributed by atoms with Crippen LogP contribution in [0.4, 0.5) is 14.6 Å². The number of hydrogen-bond donors (Lipinski definition) is 1. The summed E-state index contributed by atoms with van der Waals surface area (Å²) in [5.41, 5.74) is 2.61. The standard InChI is InChI=1S/C23H25F2N7O/c1-30-12-26-21-17(3-4-18(21)30)28-23(33)16-7-27-32(11-16)10-13-2-5-19(29-20(13)22(24)25)31-8-14-6-15(14)9-31/h2,5,7,11-12,14-15,17,22H,3-4,6,8-10H2,1H3,(H,28,33)/t14?,15?,17-/m1/s1. The summed E-state index contributed by atoms with van der Waals surface area (Å²) in [4.78, 5) is 23.5. The number of alkyl halides is 2. The number of amides is 1. The molecule has 33 heavy (non-hydrogen) atoms. The molecule has 0 bridgehead atoms. The first-order valence-corrected chi connectivity index (χ1v) is 11.3. The molecule has 0 aromatic carbocycles. The van der Waals surface area contributed by atoms with Crippen LogP contribution in [0.3, 0.4) is 0 Å². The normalized spacial score (nSPS) is 23.2. The minimum atomic E-state index is -2.68. The maximum atomic E-state index is 13.8. The van der Waals surface area contributed by atoms with Gasteiger partial charge >= 0.3 is 0 Å². The van der Waals surface area contributed by atoms with Gasteiger partial charge in [-0.1, -0.05) is 6.07 Å². The molecule has 1 saturated heterocycles. The van der Waals surface area contributed by atoms with Crippen LogP contribution >= 0.6 is 0 Å². The SMILES string of the molecule is Cn1cnc2c1CC[C@H]2NC(=O)c1cnn(Cc2ccc(N3CC4CC4C3)nc2C(F)F)c1. The van der Waals surface area contributed by atoms with E-state index in [2.05, 4.69) is 25.3 Å². The highest BCUT2D eigenvalue weighted by atomic mass is 19.3. The number of pyridine rings is 1. The summed E-state index contributed by atoms with van der Waals surface area (Å²) in [7, 11) is 1.95. The van der Waals surface area contributed by atoms with Crippen LogP contribution in [0.1, 0.15) is 58.3 Å². The number of hydrogen-bond acceptors (Lipinski definition) is 5. The van der Waals surface area contributed by atoms with Gasteiger partial charge in [0, 0.05) is 37.6 Å². The fourth-order valence-electron chi connectivity index (χ4n) is 5.19. The molecule has 1 amide bonds. The molecule has 3 aromatic rings. The van der Waals surface area contributed by atoms with Gasteiger partial charge in [0.2, 0.25) is 0 Å². The molecular weight excluding hydrogens is 428 g/mol. The van der Waals surface area contributed by atoms with Crippen molar-refractivity contribution in [1.29, 1.82) is 0 Å². The van der Waals surface area contributed by atoms with Crippen molar-refractivity contribution in [3.63, 3.8) is 0 Å². The highest BCUT2D eigenvalue weighted by Gasteiger charge is 2.45. The lowest BCUT2D eigenvalue weighted by Gasteiger charge is -2.20. The maximum absolute atomic E-state index is 13.8. The number of imidazole rings is 1. The third-order valence-corrected chi connectivity index (χ3v) is 7.13. The van der Waals surface area contributed by atoms with Gasteiger partial charge in [-0.3, -0.25) is 9.48 Å². The van der Waals surface area contributed by atoms with Crippen LogP contribution in [0.25, 0.3) is 0 Å². The first-order chi connectivity index (χ1) is 16.0. The average Bonchev–Trinajstić information content (AvgIpc) is 3.27. The van der Waals surface area contributed by atoms with Crippen molar-refractivity contribution in [3.05, 3.63) is 59.1 Å². The second-order valence-electron chi connectivity index (χ2n) is 9.35. The number of piperidine rings is 1. The zero-order valence-corrected chi connectivity index (χ0v) is 18.3. The summed E-state index contributed by atoms with van der Waals surface area (Å²) in [5, 5.41) is 7.24. The van der Waals surface area contributed by atoms with Gasteiger partial charge in [-0.25, -0.2) is 18.7 Å². The first kappa shape index (κ1) is 20.3. The minimum absolute atomic E-state index is 0.124. The van der Waals surface area contributed by atoms with E-state index in [0.29, 0.717) is 28.8 Å². The molecular formula is C23H25F2N7O. The lowest BCUT2D eigenvalue weighted by atomic mass is 10.2. The molecule has 8 nitrogen and oxygen atoms in total. The van der Waals surface area contributed by atoms with Crippen molar-refractivity contribution >= 4 is 11.7 Å². The third-order valence-electron chi connectivity index (χ3n) is 7.13. The Morgan fingerprint density at radius 1 is 1.27 bits per heavy atom. The Bertz CT molecular complexity index is 1210. The summed E-state index contributed by atoms with van der Waals surface area (Å²) in [6.07, 6.45) is 5.05. The van der Waals surface area contributed by atoms with Gasteiger partial charge in [0.15, 0.2) is 0 Å². The molecule has 0 radical (unpaired) electrons. The summed E-state index contributed by atoms with van der Waals surface area (Å²) < 4.78 is 31.0. The van der Waals surface area contributed by atoms with Crippen LogP contribution in [0.5, 0.6) is 0 Å². The number of aromatic nitrogens is 5. The molecule has 1 saturated carbocycles. The van der Waals surface area contributed by atoms with Crippen LogP contribution in [0, 0.1) is 11.8 Å². The second-order valence-corrected chi connectivity index (χ2v) is 9.35. The van der Waals surface area contributed by atoms with Gasteiger partial charge in [-0.2, -0.15) is 5.10 Å². The highest BCUT2D eigenvalue weighted by molar-refractivity contribution is 5.94. The molecule has 2 aliphatic carbocycles. The molecule has 3 aromatic heterocycles. The Labute approximate surface area is 189 Å². The predicted octanol–water partition coefficient (Wildman–Crippen LogP) is 2.87. The highest BCUT2D eigenvalue weighted by Crippen LogP contribution is 2.46. The molecule has 10 heteroatoms. The monoisotopic (exact) mass is 453 g/mol. The van der Waals surface area contributed by atoms with Crippen LogP contribution < -0.4 is 10.2 Å². The summed E-state index contributed by atoms with van der Waals surface area (Å²) in [6, 6.07) is 3.39. The van der Waals surface area contributed by atoms with Gasteiger partial charge < -0.3 is 14.8 Å². The first-order valence-electron chi connectivity index (χ1n) is 11.3. The summed E-state index contributed by atoms with van der Waals surface area (Å²) in [5.74, 6) is 1.76. The van der Waals surface area contributed by atoms with E-state index in [1.54, 1.807) is 18.6 Å². The van der Waals surface area contributed by atoms with E-state index in [1.807, 2.05) is 17.7 Å². The van der Waals surface area contributed by atoms with E-state index >= 15 is 0 Å². The van der Waals surface area contributed by atoms with E-state index in [0.717, 1.165) is 37.3 Å². The van der Waals surface area contributed by atoms with E-state index in [9.17, 15) is 13.6 Å². The van der Waals surface area contributed by atoms with Crippen LogP contribution in [0.2, 0.25) is 0 Å². The molecule has 3 atom stereocenters. The molecule has 1 aliphatic heterocycles. The number of fused-ring (bicyclic) bond motifs is 2. The molecule has 1 N–H and O–H groups in total. The van der Waals surface area contributed by atoms with Crippen LogP contribution in [0.15, 0.2) is 30.9 Å². The van der Waals surface area contributed by atoms with Crippen molar-refractivity contribution in [2.45, 2.75) is 38.3 Å². The second kappa shape index (κ2) is 7.64. The molecule has 2 unspecified atom stereocenters. The molecule has 4 heterocycles. The fourth-order valence-corrected chi connectivity index (χ4v) is 5.19. The third kappa shape index (κ3) is 3.67. The Morgan fingerprint density at radius 2 is 2.09 bits per heavy atom. The number of nitrogens with one attached hydrogen (secondary N) is 1. The van der Waals surface area contributed by atoms with Crippen molar-refractivity contribution < 1.29 is 13.6 Å². The molecule has 2 fully saturated rings. The zero-order chi connectivity index (χ0) is 22.7. The smallest absolute Gasteiger partial charge is 0.280 e.